The lowest BCUT2D eigenvalue weighted by Crippen LogP contribution is -2.42. The van der Waals surface area contributed by atoms with Crippen LogP contribution in [0.4, 0.5) is 0 Å². The van der Waals surface area contributed by atoms with Crippen molar-refractivity contribution in [2.24, 2.45) is 0 Å². The van der Waals surface area contributed by atoms with E-state index in [1.54, 1.807) is 0 Å². The first kappa shape index (κ1) is 17.5. The summed E-state index contributed by atoms with van der Waals surface area (Å²) in [6, 6.07) is 15.2. The Bertz CT molecular complexity index is 530. The first-order valence-electron chi connectivity index (χ1n) is 8.11. The predicted octanol–water partition coefficient (Wildman–Crippen LogP) is 5.35. The van der Waals surface area contributed by atoms with Gasteiger partial charge in [0.1, 0.15) is 0 Å². The van der Waals surface area contributed by atoms with E-state index in [0.717, 1.165) is 13.0 Å². The molecule has 22 heavy (non-hydrogen) atoms. The molecule has 119 valence electrons. The van der Waals surface area contributed by atoms with Crippen LogP contribution in [0.15, 0.2) is 47.8 Å². The molecule has 0 unspecified atom stereocenters. The van der Waals surface area contributed by atoms with Crippen LogP contribution in [-0.2, 0) is 4.43 Å². The van der Waals surface area contributed by atoms with Crippen LogP contribution >= 0.6 is 11.3 Å². The van der Waals surface area contributed by atoms with Gasteiger partial charge in [-0.05, 0) is 40.4 Å². The summed E-state index contributed by atoms with van der Waals surface area (Å²) in [6.45, 7) is 10.0. The van der Waals surface area contributed by atoms with Gasteiger partial charge in [0, 0.05) is 11.5 Å². The van der Waals surface area contributed by atoms with Gasteiger partial charge in [0.05, 0.1) is 0 Å². The van der Waals surface area contributed by atoms with Gasteiger partial charge in [0.2, 0.25) is 0 Å². The van der Waals surface area contributed by atoms with Crippen molar-refractivity contribution in [2.75, 3.05) is 6.61 Å². The lowest BCUT2D eigenvalue weighted by molar-refractivity contribution is 0.290. The lowest BCUT2D eigenvalue weighted by atomic mass is 10.0. The first-order valence-corrected chi connectivity index (χ1v) is 10.4. The van der Waals surface area contributed by atoms with Crippen molar-refractivity contribution < 1.29 is 4.43 Å². The third-order valence-corrected chi connectivity index (χ3v) is 7.62. The number of thiophene rings is 1. The quantitative estimate of drug-likeness (QED) is 0.622. The maximum Gasteiger partial charge on any atom is 0.252 e. The van der Waals surface area contributed by atoms with Gasteiger partial charge in [-0.15, -0.1) is 11.3 Å². The summed E-state index contributed by atoms with van der Waals surface area (Å²) in [5.41, 5.74) is 0. The van der Waals surface area contributed by atoms with E-state index < -0.39 is 9.04 Å². The molecule has 2 aromatic rings. The standard InChI is InChI=1S/C19H27OSSi/c1-5-16(18-12-9-15-21-18)13-14-20-22(19(2,3)4)17-10-7-6-8-11-17/h6-12,15-16H,5,13-14H2,1-4H3/t16-/m1/s1. The van der Waals surface area contributed by atoms with Crippen molar-refractivity contribution in [3.63, 3.8) is 0 Å². The summed E-state index contributed by atoms with van der Waals surface area (Å²) in [5, 5.41) is 3.76. The number of hydrogen-bond donors (Lipinski definition) is 0. The van der Waals surface area contributed by atoms with Gasteiger partial charge in [0.15, 0.2) is 0 Å². The molecule has 0 bridgehead atoms. The maximum atomic E-state index is 6.43. The minimum atomic E-state index is -1.01. The molecule has 0 spiro atoms. The van der Waals surface area contributed by atoms with Gasteiger partial charge in [-0.1, -0.05) is 64.1 Å². The summed E-state index contributed by atoms with van der Waals surface area (Å²) < 4.78 is 6.43. The van der Waals surface area contributed by atoms with Crippen LogP contribution < -0.4 is 5.19 Å². The molecule has 0 aliphatic rings. The van der Waals surface area contributed by atoms with Gasteiger partial charge in [-0.2, -0.15) is 0 Å². The Labute approximate surface area is 141 Å². The van der Waals surface area contributed by atoms with Crippen molar-refractivity contribution in [3.05, 3.63) is 52.7 Å². The van der Waals surface area contributed by atoms with E-state index in [0.29, 0.717) is 5.92 Å². The van der Waals surface area contributed by atoms with Crippen LogP contribution in [0, 0.1) is 0 Å². The Balaban J connectivity index is 1.97. The minimum absolute atomic E-state index is 0.205. The summed E-state index contributed by atoms with van der Waals surface area (Å²) in [7, 11) is -1.01. The van der Waals surface area contributed by atoms with Crippen LogP contribution in [0.3, 0.4) is 0 Å². The number of rotatable bonds is 7. The highest BCUT2D eigenvalue weighted by atomic mass is 32.1. The van der Waals surface area contributed by atoms with E-state index in [2.05, 4.69) is 75.5 Å². The zero-order chi connectivity index (χ0) is 16.0. The summed E-state index contributed by atoms with van der Waals surface area (Å²) in [4.78, 5) is 1.50. The van der Waals surface area contributed by atoms with Crippen molar-refractivity contribution in [2.45, 2.75) is 51.5 Å². The first-order chi connectivity index (χ1) is 10.5. The summed E-state index contributed by atoms with van der Waals surface area (Å²) >= 11 is 1.87. The largest absolute Gasteiger partial charge is 0.411 e. The Morgan fingerprint density at radius 2 is 1.82 bits per heavy atom. The van der Waals surface area contributed by atoms with Crippen LogP contribution in [0.2, 0.25) is 5.04 Å². The average Bonchev–Trinajstić information content (AvgIpc) is 3.01. The minimum Gasteiger partial charge on any atom is -0.411 e. The van der Waals surface area contributed by atoms with Gasteiger partial charge in [-0.25, -0.2) is 0 Å². The molecular weight excluding hydrogens is 304 g/mol. The fourth-order valence-electron chi connectivity index (χ4n) is 2.70. The molecule has 0 aliphatic heterocycles. The molecule has 1 atom stereocenters. The monoisotopic (exact) mass is 331 g/mol. The van der Waals surface area contributed by atoms with Crippen LogP contribution in [0.1, 0.15) is 51.3 Å². The van der Waals surface area contributed by atoms with E-state index in [4.69, 9.17) is 4.43 Å². The van der Waals surface area contributed by atoms with E-state index in [1.165, 1.54) is 16.5 Å². The molecule has 0 N–H and O–H groups in total. The van der Waals surface area contributed by atoms with Crippen molar-refractivity contribution in [3.8, 4) is 0 Å². The molecule has 0 saturated heterocycles. The second kappa shape index (κ2) is 8.09. The predicted molar refractivity (Wildman–Crippen MR) is 99.5 cm³/mol. The fourth-order valence-corrected chi connectivity index (χ4v) is 5.93. The van der Waals surface area contributed by atoms with Gasteiger partial charge in [0.25, 0.3) is 9.04 Å². The van der Waals surface area contributed by atoms with Crippen LogP contribution in [-0.4, -0.2) is 15.6 Å². The third-order valence-electron chi connectivity index (χ3n) is 3.87. The topological polar surface area (TPSA) is 9.23 Å². The molecule has 0 fully saturated rings. The smallest absolute Gasteiger partial charge is 0.252 e. The van der Waals surface area contributed by atoms with Gasteiger partial charge < -0.3 is 4.43 Å². The Kier molecular flexibility index (Phi) is 6.42. The average molecular weight is 332 g/mol. The number of benzene rings is 1. The molecule has 1 radical (unpaired) electrons. The Morgan fingerprint density at radius 3 is 2.36 bits per heavy atom. The zero-order valence-electron chi connectivity index (χ0n) is 14.1. The lowest BCUT2D eigenvalue weighted by Gasteiger charge is -2.29. The maximum absolute atomic E-state index is 6.43. The van der Waals surface area contributed by atoms with Crippen molar-refractivity contribution in [1.82, 2.24) is 0 Å². The second-order valence-electron chi connectivity index (χ2n) is 6.70. The SMILES string of the molecule is CC[C@H](CCO[Si](c1ccccc1)C(C)(C)C)c1cccs1. The number of hydrogen-bond acceptors (Lipinski definition) is 2. The highest BCUT2D eigenvalue weighted by molar-refractivity contribution is 7.10. The summed E-state index contributed by atoms with van der Waals surface area (Å²) in [5.74, 6) is 0.638. The Morgan fingerprint density at radius 1 is 1.09 bits per heavy atom. The highest BCUT2D eigenvalue weighted by Gasteiger charge is 2.31. The normalized spacial score (nSPS) is 13.5. The van der Waals surface area contributed by atoms with Gasteiger partial charge >= 0.3 is 0 Å². The second-order valence-corrected chi connectivity index (χ2v) is 10.7. The molecule has 1 nitrogen and oxygen atoms in total. The molecule has 0 amide bonds. The van der Waals surface area contributed by atoms with Crippen molar-refractivity contribution >= 4 is 25.6 Å². The zero-order valence-corrected chi connectivity index (χ0v) is 16.0. The molecule has 0 aliphatic carbocycles. The molecule has 1 aromatic heterocycles. The Hall–Kier alpha value is -0.903. The van der Waals surface area contributed by atoms with Gasteiger partial charge in [-0.3, -0.25) is 0 Å². The van der Waals surface area contributed by atoms with Crippen LogP contribution in [0.25, 0.3) is 0 Å². The molecule has 0 saturated carbocycles. The van der Waals surface area contributed by atoms with E-state index in [9.17, 15) is 0 Å². The van der Waals surface area contributed by atoms with E-state index in [1.807, 2.05) is 11.3 Å². The third kappa shape index (κ3) is 4.80. The summed E-state index contributed by atoms with van der Waals surface area (Å²) in [6.07, 6.45) is 2.31. The highest BCUT2D eigenvalue weighted by Crippen LogP contribution is 2.30. The van der Waals surface area contributed by atoms with E-state index in [-0.39, 0.29) is 5.04 Å². The van der Waals surface area contributed by atoms with Crippen molar-refractivity contribution in [1.29, 1.82) is 0 Å². The molecular formula is C19H27OSSi. The fraction of sp³-hybridized carbons (Fsp3) is 0.474. The van der Waals surface area contributed by atoms with E-state index >= 15 is 0 Å². The molecule has 2 rings (SSSR count). The van der Waals surface area contributed by atoms with Crippen LogP contribution in [0.5, 0.6) is 0 Å². The molecule has 1 heterocycles. The molecule has 3 heteroatoms. The molecule has 1 aromatic carbocycles.